The zero-order valence-corrected chi connectivity index (χ0v) is 9.76. The SMILES string of the molecule is Cc1scc2c1CN([C@H]1CC(=O)NC1=O)C2. The molecule has 1 atom stereocenters. The molecule has 3 rings (SSSR count). The average molecular weight is 236 g/mol. The van der Waals surface area contributed by atoms with Gasteiger partial charge in [0.1, 0.15) is 0 Å². The molecule has 0 aliphatic carbocycles. The van der Waals surface area contributed by atoms with Gasteiger partial charge in [-0.1, -0.05) is 0 Å². The van der Waals surface area contributed by atoms with Crippen molar-refractivity contribution in [3.8, 4) is 0 Å². The number of hydrogen-bond donors (Lipinski definition) is 1. The summed E-state index contributed by atoms with van der Waals surface area (Å²) in [6.45, 7) is 3.70. The smallest absolute Gasteiger partial charge is 0.244 e. The lowest BCUT2D eigenvalue weighted by Gasteiger charge is -2.20. The first-order valence-corrected chi connectivity index (χ1v) is 6.16. The van der Waals surface area contributed by atoms with Gasteiger partial charge in [-0.3, -0.25) is 19.8 Å². The van der Waals surface area contributed by atoms with Gasteiger partial charge in [-0.05, 0) is 23.4 Å². The highest BCUT2D eigenvalue weighted by Gasteiger charge is 2.38. The van der Waals surface area contributed by atoms with Crippen molar-refractivity contribution >= 4 is 23.2 Å². The molecule has 0 aromatic carbocycles. The Hall–Kier alpha value is -1.20. The molecule has 0 radical (unpaired) electrons. The van der Waals surface area contributed by atoms with Crippen LogP contribution in [0.25, 0.3) is 0 Å². The number of imide groups is 1. The predicted molar refractivity (Wildman–Crippen MR) is 59.9 cm³/mol. The minimum Gasteiger partial charge on any atom is -0.295 e. The van der Waals surface area contributed by atoms with Crippen LogP contribution in [-0.2, 0) is 22.7 Å². The minimum absolute atomic E-state index is 0.142. The van der Waals surface area contributed by atoms with Crippen LogP contribution in [0.4, 0.5) is 0 Å². The highest BCUT2D eigenvalue weighted by atomic mass is 32.1. The fourth-order valence-electron chi connectivity index (χ4n) is 2.41. The van der Waals surface area contributed by atoms with Crippen molar-refractivity contribution in [2.75, 3.05) is 0 Å². The molecule has 0 saturated carbocycles. The molecule has 2 aliphatic heterocycles. The summed E-state index contributed by atoms with van der Waals surface area (Å²) in [7, 11) is 0. The van der Waals surface area contributed by atoms with E-state index in [1.54, 1.807) is 11.3 Å². The van der Waals surface area contributed by atoms with Crippen molar-refractivity contribution in [3.05, 3.63) is 21.4 Å². The number of amides is 2. The second-order valence-electron chi connectivity index (χ2n) is 4.33. The summed E-state index contributed by atoms with van der Waals surface area (Å²) in [5.74, 6) is -0.294. The Morgan fingerprint density at radius 2 is 2.25 bits per heavy atom. The summed E-state index contributed by atoms with van der Waals surface area (Å²) in [5.41, 5.74) is 2.66. The fourth-order valence-corrected chi connectivity index (χ4v) is 3.28. The lowest BCUT2D eigenvalue weighted by Crippen LogP contribution is -2.37. The van der Waals surface area contributed by atoms with Crippen LogP contribution in [0.1, 0.15) is 22.4 Å². The standard InChI is InChI=1S/C11H12N2O2S/c1-6-8-4-13(3-7(8)5-16-6)9-2-10(14)12-11(9)15/h5,9H,2-4H2,1H3,(H,12,14,15)/t9-/m0/s1. The molecule has 0 spiro atoms. The molecule has 1 aromatic rings. The molecule has 2 aliphatic rings. The van der Waals surface area contributed by atoms with E-state index in [-0.39, 0.29) is 17.9 Å². The molecule has 1 saturated heterocycles. The van der Waals surface area contributed by atoms with E-state index < -0.39 is 0 Å². The summed E-state index contributed by atoms with van der Waals surface area (Å²) < 4.78 is 0. The molecule has 84 valence electrons. The van der Waals surface area contributed by atoms with Crippen LogP contribution in [0.3, 0.4) is 0 Å². The van der Waals surface area contributed by atoms with E-state index in [9.17, 15) is 9.59 Å². The van der Waals surface area contributed by atoms with Gasteiger partial charge in [0.2, 0.25) is 11.8 Å². The van der Waals surface area contributed by atoms with Crippen molar-refractivity contribution in [3.63, 3.8) is 0 Å². The Morgan fingerprint density at radius 3 is 2.88 bits per heavy atom. The Kier molecular flexibility index (Phi) is 2.12. The lowest BCUT2D eigenvalue weighted by molar-refractivity contribution is -0.126. The van der Waals surface area contributed by atoms with Gasteiger partial charge in [-0.15, -0.1) is 11.3 Å². The van der Waals surface area contributed by atoms with Crippen LogP contribution in [0.2, 0.25) is 0 Å². The number of rotatable bonds is 1. The van der Waals surface area contributed by atoms with Gasteiger partial charge in [-0.25, -0.2) is 0 Å². The molecular weight excluding hydrogens is 224 g/mol. The second-order valence-corrected chi connectivity index (χ2v) is 5.42. The second kappa shape index (κ2) is 3.40. The van der Waals surface area contributed by atoms with Gasteiger partial charge < -0.3 is 0 Å². The van der Waals surface area contributed by atoms with E-state index in [2.05, 4.69) is 22.5 Å². The van der Waals surface area contributed by atoms with E-state index in [1.165, 1.54) is 16.0 Å². The van der Waals surface area contributed by atoms with Gasteiger partial charge >= 0.3 is 0 Å². The van der Waals surface area contributed by atoms with Crippen LogP contribution in [0.5, 0.6) is 0 Å². The van der Waals surface area contributed by atoms with Gasteiger partial charge in [0.05, 0.1) is 12.5 Å². The van der Waals surface area contributed by atoms with Crippen molar-refractivity contribution in [1.82, 2.24) is 10.2 Å². The number of carbonyl (C=O) groups excluding carboxylic acids is 2. The largest absolute Gasteiger partial charge is 0.295 e. The van der Waals surface area contributed by atoms with Crippen LogP contribution >= 0.6 is 11.3 Å². The number of nitrogens with zero attached hydrogens (tertiary/aromatic N) is 1. The molecule has 5 heteroatoms. The number of fused-ring (bicyclic) bond motifs is 1. The maximum Gasteiger partial charge on any atom is 0.244 e. The zero-order chi connectivity index (χ0) is 11.3. The minimum atomic E-state index is -0.260. The number of nitrogens with one attached hydrogen (secondary N) is 1. The number of carbonyl (C=O) groups is 2. The third kappa shape index (κ3) is 1.39. The van der Waals surface area contributed by atoms with Gasteiger partial charge in [0.25, 0.3) is 0 Å². The molecule has 1 aromatic heterocycles. The topological polar surface area (TPSA) is 49.4 Å². The fraction of sp³-hybridized carbons (Fsp3) is 0.455. The number of hydrogen-bond acceptors (Lipinski definition) is 4. The average Bonchev–Trinajstić information content (AvgIpc) is 2.84. The first-order chi connectivity index (χ1) is 7.65. The molecular formula is C11H12N2O2S. The van der Waals surface area contributed by atoms with Crippen LogP contribution < -0.4 is 5.32 Å². The normalized spacial score (nSPS) is 24.9. The van der Waals surface area contributed by atoms with Gasteiger partial charge in [-0.2, -0.15) is 0 Å². The Morgan fingerprint density at radius 1 is 1.44 bits per heavy atom. The van der Waals surface area contributed by atoms with Crippen molar-refractivity contribution < 1.29 is 9.59 Å². The maximum atomic E-state index is 11.6. The summed E-state index contributed by atoms with van der Waals surface area (Å²) in [6.07, 6.45) is 0.311. The van der Waals surface area contributed by atoms with E-state index in [0.717, 1.165) is 13.1 Å². The molecule has 16 heavy (non-hydrogen) atoms. The number of aryl methyl sites for hydroxylation is 1. The van der Waals surface area contributed by atoms with E-state index in [4.69, 9.17) is 0 Å². The van der Waals surface area contributed by atoms with Crippen molar-refractivity contribution in [1.29, 1.82) is 0 Å². The predicted octanol–water partition coefficient (Wildman–Crippen LogP) is 0.787. The zero-order valence-electron chi connectivity index (χ0n) is 8.95. The third-order valence-corrected chi connectivity index (χ3v) is 4.31. The molecule has 3 heterocycles. The summed E-state index contributed by atoms with van der Waals surface area (Å²) >= 11 is 1.76. The Bertz CT molecular complexity index is 480. The molecule has 2 amide bonds. The Balaban J connectivity index is 1.81. The quantitative estimate of drug-likeness (QED) is 0.733. The van der Waals surface area contributed by atoms with Gasteiger partial charge in [0.15, 0.2) is 0 Å². The first kappa shape index (κ1) is 9.99. The lowest BCUT2D eigenvalue weighted by atomic mass is 10.2. The summed E-state index contributed by atoms with van der Waals surface area (Å²) in [4.78, 5) is 26.1. The van der Waals surface area contributed by atoms with Crippen molar-refractivity contribution in [2.24, 2.45) is 0 Å². The summed E-state index contributed by atoms with van der Waals surface area (Å²) in [5, 5.41) is 4.51. The Labute approximate surface area is 97.2 Å². The monoisotopic (exact) mass is 236 g/mol. The highest BCUT2D eigenvalue weighted by molar-refractivity contribution is 7.10. The van der Waals surface area contributed by atoms with E-state index >= 15 is 0 Å². The van der Waals surface area contributed by atoms with E-state index in [0.29, 0.717) is 6.42 Å². The number of thiophene rings is 1. The van der Waals surface area contributed by atoms with E-state index in [1.807, 2.05) is 0 Å². The van der Waals surface area contributed by atoms with Crippen LogP contribution in [-0.4, -0.2) is 22.8 Å². The molecule has 0 unspecified atom stereocenters. The summed E-state index contributed by atoms with van der Waals surface area (Å²) in [6, 6.07) is -0.260. The maximum absolute atomic E-state index is 11.6. The molecule has 1 fully saturated rings. The van der Waals surface area contributed by atoms with Crippen LogP contribution in [0.15, 0.2) is 5.38 Å². The third-order valence-electron chi connectivity index (χ3n) is 3.31. The molecule has 0 bridgehead atoms. The highest BCUT2D eigenvalue weighted by Crippen LogP contribution is 2.32. The van der Waals surface area contributed by atoms with Crippen molar-refractivity contribution in [2.45, 2.75) is 32.5 Å². The molecule has 4 nitrogen and oxygen atoms in total. The van der Waals surface area contributed by atoms with Crippen LogP contribution in [0, 0.1) is 6.92 Å². The molecule has 1 N–H and O–H groups in total. The van der Waals surface area contributed by atoms with Gasteiger partial charge in [0, 0.05) is 18.0 Å². The first-order valence-electron chi connectivity index (χ1n) is 5.28.